The predicted octanol–water partition coefficient (Wildman–Crippen LogP) is 1.41. The molecular formula is C9H15N3O. The summed E-state index contributed by atoms with van der Waals surface area (Å²) in [6, 6.07) is 2.20. The van der Waals surface area contributed by atoms with Gasteiger partial charge in [0.1, 0.15) is 0 Å². The van der Waals surface area contributed by atoms with Crippen molar-refractivity contribution in [1.29, 1.82) is 0 Å². The minimum absolute atomic E-state index is 0.374. The van der Waals surface area contributed by atoms with Crippen LogP contribution in [0.2, 0.25) is 0 Å². The first-order valence-corrected chi connectivity index (χ1v) is 4.69. The van der Waals surface area contributed by atoms with Crippen molar-refractivity contribution in [2.24, 2.45) is 0 Å². The van der Waals surface area contributed by atoms with E-state index in [0.29, 0.717) is 11.9 Å². The van der Waals surface area contributed by atoms with Gasteiger partial charge in [0, 0.05) is 6.07 Å². The Morgan fingerprint density at radius 3 is 3.08 bits per heavy atom. The molecule has 1 aromatic heterocycles. The van der Waals surface area contributed by atoms with E-state index in [0.717, 1.165) is 18.7 Å². The average molecular weight is 181 g/mol. The van der Waals surface area contributed by atoms with Crippen molar-refractivity contribution < 1.29 is 4.52 Å². The van der Waals surface area contributed by atoms with Gasteiger partial charge in [-0.25, -0.2) is 0 Å². The zero-order valence-corrected chi connectivity index (χ0v) is 7.86. The van der Waals surface area contributed by atoms with Gasteiger partial charge < -0.3 is 10.3 Å². The van der Waals surface area contributed by atoms with Crippen molar-refractivity contribution in [3.63, 3.8) is 0 Å². The van der Waals surface area contributed by atoms with Gasteiger partial charge in [0.25, 0.3) is 0 Å². The van der Waals surface area contributed by atoms with Crippen LogP contribution in [0.3, 0.4) is 0 Å². The quantitative estimate of drug-likeness (QED) is 0.711. The van der Waals surface area contributed by atoms with Crippen LogP contribution in [0, 0.1) is 0 Å². The Morgan fingerprint density at radius 1 is 1.62 bits per heavy atom. The molecule has 0 spiro atoms. The highest BCUT2D eigenvalue weighted by atomic mass is 16.5. The van der Waals surface area contributed by atoms with Gasteiger partial charge in [0.05, 0.1) is 6.04 Å². The minimum atomic E-state index is 0.374. The summed E-state index contributed by atoms with van der Waals surface area (Å²) in [5.74, 6) is 1.38. The van der Waals surface area contributed by atoms with E-state index >= 15 is 0 Å². The Labute approximate surface area is 77.7 Å². The van der Waals surface area contributed by atoms with Crippen molar-refractivity contribution >= 4 is 5.82 Å². The summed E-state index contributed by atoms with van der Waals surface area (Å²) in [5.41, 5.74) is 5.51. The van der Waals surface area contributed by atoms with Crippen LogP contribution in [0.5, 0.6) is 0 Å². The van der Waals surface area contributed by atoms with E-state index in [-0.39, 0.29) is 0 Å². The van der Waals surface area contributed by atoms with E-state index in [2.05, 4.69) is 17.1 Å². The molecule has 1 fully saturated rings. The number of piperidine rings is 1. The molecule has 0 amide bonds. The third-order valence-electron chi connectivity index (χ3n) is 2.65. The molecule has 2 N–H and O–H groups in total. The van der Waals surface area contributed by atoms with Crippen LogP contribution in [-0.4, -0.2) is 23.6 Å². The van der Waals surface area contributed by atoms with Crippen molar-refractivity contribution in [2.75, 3.05) is 19.3 Å². The molecule has 1 aliphatic rings. The standard InChI is InChI=1S/C9H15N3O/c1-12-5-3-2-4-7(12)8-6-9(10)11-13-8/h6-7H,2-5H2,1H3,(H2,10,11). The van der Waals surface area contributed by atoms with Gasteiger partial charge in [-0.1, -0.05) is 11.6 Å². The SMILES string of the molecule is CN1CCCCC1c1cc(N)no1. The van der Waals surface area contributed by atoms with E-state index < -0.39 is 0 Å². The maximum Gasteiger partial charge on any atom is 0.167 e. The molecular weight excluding hydrogens is 166 g/mol. The third kappa shape index (κ3) is 1.67. The van der Waals surface area contributed by atoms with Gasteiger partial charge in [-0.05, 0) is 26.4 Å². The largest absolute Gasteiger partial charge is 0.381 e. The number of aromatic nitrogens is 1. The second-order valence-electron chi connectivity index (χ2n) is 3.65. The number of hydrogen-bond acceptors (Lipinski definition) is 4. The Balaban J connectivity index is 2.14. The third-order valence-corrected chi connectivity index (χ3v) is 2.65. The molecule has 1 atom stereocenters. The van der Waals surface area contributed by atoms with Crippen LogP contribution in [0.4, 0.5) is 5.82 Å². The minimum Gasteiger partial charge on any atom is -0.381 e. The van der Waals surface area contributed by atoms with E-state index in [1.54, 1.807) is 0 Å². The van der Waals surface area contributed by atoms with Crippen molar-refractivity contribution in [3.05, 3.63) is 11.8 Å². The molecule has 0 aliphatic carbocycles. The van der Waals surface area contributed by atoms with Crippen LogP contribution in [-0.2, 0) is 0 Å². The maximum atomic E-state index is 5.51. The van der Waals surface area contributed by atoms with Crippen molar-refractivity contribution in [1.82, 2.24) is 10.1 Å². The van der Waals surface area contributed by atoms with Gasteiger partial charge in [-0.2, -0.15) is 0 Å². The molecule has 1 aromatic rings. The van der Waals surface area contributed by atoms with Crippen molar-refractivity contribution in [2.45, 2.75) is 25.3 Å². The molecule has 2 heterocycles. The fraction of sp³-hybridized carbons (Fsp3) is 0.667. The average Bonchev–Trinajstić information content (AvgIpc) is 2.53. The van der Waals surface area contributed by atoms with Crippen LogP contribution < -0.4 is 5.73 Å². The van der Waals surface area contributed by atoms with Crippen LogP contribution in [0.15, 0.2) is 10.6 Å². The van der Waals surface area contributed by atoms with Gasteiger partial charge in [-0.15, -0.1) is 0 Å². The molecule has 0 saturated carbocycles. The van der Waals surface area contributed by atoms with Crippen LogP contribution >= 0.6 is 0 Å². The Hall–Kier alpha value is -1.03. The number of nitrogens with zero attached hydrogens (tertiary/aromatic N) is 2. The van der Waals surface area contributed by atoms with Crippen LogP contribution in [0.1, 0.15) is 31.1 Å². The molecule has 13 heavy (non-hydrogen) atoms. The highest BCUT2D eigenvalue weighted by Crippen LogP contribution is 2.29. The molecule has 72 valence electrons. The highest BCUT2D eigenvalue weighted by Gasteiger charge is 2.23. The smallest absolute Gasteiger partial charge is 0.167 e. The molecule has 0 aromatic carbocycles. The molecule has 0 bridgehead atoms. The van der Waals surface area contributed by atoms with Crippen LogP contribution in [0.25, 0.3) is 0 Å². The summed E-state index contributed by atoms with van der Waals surface area (Å²) in [6.07, 6.45) is 3.68. The summed E-state index contributed by atoms with van der Waals surface area (Å²) in [5, 5.41) is 3.70. The van der Waals surface area contributed by atoms with E-state index in [1.165, 1.54) is 12.8 Å². The first-order chi connectivity index (χ1) is 6.27. The van der Waals surface area contributed by atoms with Gasteiger partial charge in [-0.3, -0.25) is 4.90 Å². The first-order valence-electron chi connectivity index (χ1n) is 4.69. The number of rotatable bonds is 1. The fourth-order valence-electron chi connectivity index (χ4n) is 1.90. The molecule has 4 nitrogen and oxygen atoms in total. The predicted molar refractivity (Wildman–Crippen MR) is 50.1 cm³/mol. The van der Waals surface area contributed by atoms with Gasteiger partial charge in [0.2, 0.25) is 0 Å². The lowest BCUT2D eigenvalue weighted by Crippen LogP contribution is -2.29. The summed E-state index contributed by atoms with van der Waals surface area (Å²) < 4.78 is 5.16. The van der Waals surface area contributed by atoms with E-state index in [4.69, 9.17) is 10.3 Å². The topological polar surface area (TPSA) is 55.3 Å². The molecule has 1 saturated heterocycles. The summed E-state index contributed by atoms with van der Waals surface area (Å²) in [4.78, 5) is 2.30. The number of likely N-dealkylation sites (tertiary alicyclic amines) is 1. The highest BCUT2D eigenvalue weighted by molar-refractivity contribution is 5.27. The second-order valence-corrected chi connectivity index (χ2v) is 3.65. The van der Waals surface area contributed by atoms with Crippen molar-refractivity contribution in [3.8, 4) is 0 Å². The lowest BCUT2D eigenvalue weighted by atomic mass is 10.0. The zero-order chi connectivity index (χ0) is 9.26. The first kappa shape index (κ1) is 8.56. The van der Waals surface area contributed by atoms with E-state index in [9.17, 15) is 0 Å². The monoisotopic (exact) mass is 181 g/mol. The van der Waals surface area contributed by atoms with Gasteiger partial charge in [0.15, 0.2) is 11.6 Å². The summed E-state index contributed by atoms with van der Waals surface area (Å²) in [6.45, 7) is 1.13. The molecule has 4 heteroatoms. The van der Waals surface area contributed by atoms with Gasteiger partial charge >= 0.3 is 0 Å². The Bertz CT molecular complexity index is 284. The number of nitrogen functional groups attached to an aromatic ring is 1. The maximum absolute atomic E-state index is 5.51. The van der Waals surface area contributed by atoms with E-state index in [1.807, 2.05) is 6.07 Å². The molecule has 1 aliphatic heterocycles. The Kier molecular flexibility index (Phi) is 2.22. The molecule has 1 unspecified atom stereocenters. The molecule has 2 rings (SSSR count). The number of hydrogen-bond donors (Lipinski definition) is 1. The summed E-state index contributed by atoms with van der Waals surface area (Å²) >= 11 is 0. The fourth-order valence-corrected chi connectivity index (χ4v) is 1.90. The number of nitrogens with two attached hydrogens (primary N) is 1. The summed E-state index contributed by atoms with van der Waals surface area (Å²) in [7, 11) is 2.11. The zero-order valence-electron chi connectivity index (χ0n) is 7.86. The number of anilines is 1. The molecule has 0 radical (unpaired) electrons. The normalized spacial score (nSPS) is 24.8. The lowest BCUT2D eigenvalue weighted by Gasteiger charge is -2.30. The Morgan fingerprint density at radius 2 is 2.46 bits per heavy atom. The lowest BCUT2D eigenvalue weighted by molar-refractivity contribution is 0.155. The second kappa shape index (κ2) is 3.38.